The van der Waals surface area contributed by atoms with Crippen LogP contribution >= 0.6 is 0 Å². The lowest BCUT2D eigenvalue weighted by Gasteiger charge is -2.35. The highest BCUT2D eigenvalue weighted by Gasteiger charge is 2.23. The van der Waals surface area contributed by atoms with Crippen molar-refractivity contribution >= 4 is 23.5 Å². The van der Waals surface area contributed by atoms with Crippen LogP contribution in [0.1, 0.15) is 11.1 Å². The van der Waals surface area contributed by atoms with E-state index in [0.29, 0.717) is 32.1 Å². The first-order chi connectivity index (χ1) is 13.9. The number of piperazine rings is 1. The fraction of sp³-hybridized carbons (Fsp3) is 0.429. The molecule has 154 valence electrons. The Morgan fingerprint density at radius 1 is 1.00 bits per heavy atom. The molecule has 0 aliphatic carbocycles. The number of rotatable bonds is 6. The number of anilines is 2. The summed E-state index contributed by atoms with van der Waals surface area (Å²) in [6.45, 7) is 6.96. The Kier molecular flexibility index (Phi) is 6.77. The van der Waals surface area contributed by atoms with Crippen LogP contribution in [0.2, 0.25) is 0 Å². The van der Waals surface area contributed by atoms with Crippen molar-refractivity contribution in [3.63, 3.8) is 0 Å². The molecular formula is C21H28N6O2. The molecule has 1 aliphatic heterocycles. The standard InChI is InChI=1S/C21H28N6O2/c1-16-6-4-7-17(2)20(16)24-18(28)14-25(3)15-19(29)26-10-12-27(13-11-26)21-22-8-5-9-23-21/h4-9H,10-15H2,1-3H3,(H,24,28). The van der Waals surface area contributed by atoms with Crippen molar-refractivity contribution in [3.8, 4) is 0 Å². The zero-order chi connectivity index (χ0) is 20.8. The van der Waals surface area contributed by atoms with Crippen LogP contribution < -0.4 is 10.2 Å². The third kappa shape index (κ3) is 5.51. The Labute approximate surface area is 171 Å². The maximum atomic E-state index is 12.6. The fourth-order valence-electron chi connectivity index (χ4n) is 3.43. The van der Waals surface area contributed by atoms with Crippen LogP contribution in [-0.2, 0) is 9.59 Å². The zero-order valence-electron chi connectivity index (χ0n) is 17.3. The van der Waals surface area contributed by atoms with Crippen LogP contribution in [0.5, 0.6) is 0 Å². The minimum Gasteiger partial charge on any atom is -0.338 e. The molecule has 2 amide bonds. The molecular weight excluding hydrogens is 368 g/mol. The zero-order valence-corrected chi connectivity index (χ0v) is 17.3. The summed E-state index contributed by atoms with van der Waals surface area (Å²) in [5.41, 5.74) is 2.89. The quantitative estimate of drug-likeness (QED) is 0.793. The van der Waals surface area contributed by atoms with Gasteiger partial charge in [-0.25, -0.2) is 9.97 Å². The number of aryl methyl sites for hydroxylation is 2. The summed E-state index contributed by atoms with van der Waals surface area (Å²) in [5.74, 6) is 0.602. The highest BCUT2D eigenvalue weighted by atomic mass is 16.2. The molecule has 29 heavy (non-hydrogen) atoms. The first-order valence-corrected chi connectivity index (χ1v) is 9.78. The number of benzene rings is 1. The maximum Gasteiger partial charge on any atom is 0.238 e. The monoisotopic (exact) mass is 396 g/mol. The molecule has 2 aromatic rings. The van der Waals surface area contributed by atoms with Gasteiger partial charge in [0, 0.05) is 44.3 Å². The summed E-state index contributed by atoms with van der Waals surface area (Å²) < 4.78 is 0. The first kappa shape index (κ1) is 20.7. The van der Waals surface area contributed by atoms with Crippen LogP contribution in [0, 0.1) is 13.8 Å². The van der Waals surface area contributed by atoms with Crippen molar-refractivity contribution in [1.29, 1.82) is 0 Å². The van der Waals surface area contributed by atoms with Crippen molar-refractivity contribution < 1.29 is 9.59 Å². The number of aromatic nitrogens is 2. The number of amides is 2. The summed E-state index contributed by atoms with van der Waals surface area (Å²) in [5, 5.41) is 2.96. The molecule has 8 nitrogen and oxygen atoms in total. The predicted molar refractivity (Wildman–Crippen MR) is 113 cm³/mol. The van der Waals surface area contributed by atoms with Crippen molar-refractivity contribution in [2.24, 2.45) is 0 Å². The second-order valence-electron chi connectivity index (χ2n) is 7.40. The van der Waals surface area contributed by atoms with Gasteiger partial charge in [-0.1, -0.05) is 18.2 Å². The number of hydrogen-bond donors (Lipinski definition) is 1. The summed E-state index contributed by atoms with van der Waals surface area (Å²) in [4.78, 5) is 39.2. The van der Waals surface area contributed by atoms with Gasteiger partial charge in [-0.2, -0.15) is 0 Å². The number of carbonyl (C=O) groups is 2. The highest BCUT2D eigenvalue weighted by molar-refractivity contribution is 5.94. The van der Waals surface area contributed by atoms with Crippen LogP contribution in [-0.4, -0.2) is 77.9 Å². The molecule has 1 fully saturated rings. The number of para-hydroxylation sites is 1. The first-order valence-electron chi connectivity index (χ1n) is 9.78. The van der Waals surface area contributed by atoms with Crippen molar-refractivity contribution in [2.75, 3.05) is 56.5 Å². The lowest BCUT2D eigenvalue weighted by Crippen LogP contribution is -2.51. The van der Waals surface area contributed by atoms with Crippen LogP contribution in [0.15, 0.2) is 36.7 Å². The van der Waals surface area contributed by atoms with Crippen molar-refractivity contribution in [2.45, 2.75) is 13.8 Å². The van der Waals surface area contributed by atoms with E-state index in [0.717, 1.165) is 16.8 Å². The molecule has 3 rings (SSSR count). The lowest BCUT2D eigenvalue weighted by molar-refractivity contribution is -0.132. The fourth-order valence-corrected chi connectivity index (χ4v) is 3.43. The average molecular weight is 396 g/mol. The Morgan fingerprint density at radius 2 is 1.62 bits per heavy atom. The predicted octanol–water partition coefficient (Wildman–Crippen LogP) is 1.31. The lowest BCUT2D eigenvalue weighted by atomic mass is 10.1. The van der Waals surface area contributed by atoms with Crippen molar-refractivity contribution in [1.82, 2.24) is 19.8 Å². The van der Waals surface area contributed by atoms with E-state index < -0.39 is 0 Å². The molecule has 1 saturated heterocycles. The molecule has 1 aromatic carbocycles. The molecule has 8 heteroatoms. The second kappa shape index (κ2) is 9.47. The summed E-state index contributed by atoms with van der Waals surface area (Å²) >= 11 is 0. The molecule has 0 radical (unpaired) electrons. The molecule has 0 saturated carbocycles. The van der Waals surface area contributed by atoms with Crippen LogP contribution in [0.25, 0.3) is 0 Å². The van der Waals surface area contributed by atoms with Gasteiger partial charge in [0.2, 0.25) is 17.8 Å². The van der Waals surface area contributed by atoms with E-state index in [1.54, 1.807) is 30.4 Å². The van der Waals surface area contributed by atoms with Gasteiger partial charge in [0.25, 0.3) is 0 Å². The molecule has 2 heterocycles. The highest BCUT2D eigenvalue weighted by Crippen LogP contribution is 2.19. The Hall–Kier alpha value is -3.00. The number of nitrogens with one attached hydrogen (secondary N) is 1. The van der Waals surface area contributed by atoms with E-state index in [4.69, 9.17) is 0 Å². The third-order valence-electron chi connectivity index (χ3n) is 5.03. The normalized spacial score (nSPS) is 14.2. The second-order valence-corrected chi connectivity index (χ2v) is 7.40. The Bertz CT molecular complexity index is 829. The Morgan fingerprint density at radius 3 is 2.24 bits per heavy atom. The van der Waals surface area contributed by atoms with E-state index in [9.17, 15) is 9.59 Å². The molecule has 1 aliphatic rings. The number of nitrogens with zero attached hydrogens (tertiary/aromatic N) is 5. The molecule has 1 aromatic heterocycles. The molecule has 1 N–H and O–H groups in total. The van der Waals surface area contributed by atoms with Gasteiger partial charge in [0.15, 0.2) is 0 Å². The molecule has 0 spiro atoms. The van der Waals surface area contributed by atoms with E-state index in [1.165, 1.54) is 0 Å². The van der Waals surface area contributed by atoms with E-state index >= 15 is 0 Å². The smallest absolute Gasteiger partial charge is 0.238 e. The van der Waals surface area contributed by atoms with Gasteiger partial charge in [-0.05, 0) is 38.1 Å². The average Bonchev–Trinajstić information content (AvgIpc) is 2.71. The molecule has 0 atom stereocenters. The minimum atomic E-state index is -0.122. The number of carbonyl (C=O) groups excluding carboxylic acids is 2. The van der Waals surface area contributed by atoms with Gasteiger partial charge in [0.05, 0.1) is 13.1 Å². The topological polar surface area (TPSA) is 81.7 Å². The summed E-state index contributed by atoms with van der Waals surface area (Å²) in [7, 11) is 1.79. The summed E-state index contributed by atoms with van der Waals surface area (Å²) in [6, 6.07) is 7.69. The largest absolute Gasteiger partial charge is 0.338 e. The van der Waals surface area contributed by atoms with Gasteiger partial charge < -0.3 is 15.1 Å². The maximum absolute atomic E-state index is 12.6. The van der Waals surface area contributed by atoms with E-state index in [-0.39, 0.29) is 24.9 Å². The van der Waals surface area contributed by atoms with E-state index in [1.807, 2.05) is 36.9 Å². The molecule has 0 unspecified atom stereocenters. The van der Waals surface area contributed by atoms with E-state index in [2.05, 4.69) is 20.2 Å². The van der Waals surface area contributed by atoms with Gasteiger partial charge in [-0.3, -0.25) is 14.5 Å². The van der Waals surface area contributed by atoms with Gasteiger partial charge in [0.1, 0.15) is 0 Å². The SMILES string of the molecule is Cc1cccc(C)c1NC(=O)CN(C)CC(=O)N1CCN(c2ncccn2)CC1. The summed E-state index contributed by atoms with van der Waals surface area (Å²) in [6.07, 6.45) is 3.44. The van der Waals surface area contributed by atoms with Gasteiger partial charge >= 0.3 is 0 Å². The van der Waals surface area contributed by atoms with Crippen LogP contribution in [0.3, 0.4) is 0 Å². The third-order valence-corrected chi connectivity index (χ3v) is 5.03. The molecule has 0 bridgehead atoms. The van der Waals surface area contributed by atoms with Gasteiger partial charge in [-0.15, -0.1) is 0 Å². The number of hydrogen-bond acceptors (Lipinski definition) is 6. The number of likely N-dealkylation sites (N-methyl/N-ethyl adjacent to an activating group) is 1. The minimum absolute atomic E-state index is 0.0287. The Balaban J connectivity index is 1.45. The van der Waals surface area contributed by atoms with Crippen LogP contribution in [0.4, 0.5) is 11.6 Å². The van der Waals surface area contributed by atoms with Crippen molar-refractivity contribution in [3.05, 3.63) is 47.8 Å².